The van der Waals surface area contributed by atoms with Gasteiger partial charge in [0.05, 0.1) is 0 Å². The summed E-state index contributed by atoms with van der Waals surface area (Å²) < 4.78 is 0. The highest BCUT2D eigenvalue weighted by Gasteiger charge is 2.35. The molecular weight excluding hydrogens is 244 g/mol. The van der Waals surface area contributed by atoms with Crippen LogP contribution >= 0.6 is 0 Å². The van der Waals surface area contributed by atoms with E-state index in [9.17, 15) is 0 Å². The van der Waals surface area contributed by atoms with Crippen LogP contribution in [0.5, 0.6) is 0 Å². The molecule has 110 valence electrons. The monoisotopic (exact) mass is 272 g/mol. The van der Waals surface area contributed by atoms with Crippen LogP contribution in [-0.4, -0.2) is 30.1 Å². The fraction of sp³-hybridized carbons (Fsp3) is 0.667. The van der Waals surface area contributed by atoms with Crippen LogP contribution in [-0.2, 0) is 5.41 Å². The lowest BCUT2D eigenvalue weighted by Gasteiger charge is -2.37. The van der Waals surface area contributed by atoms with Crippen molar-refractivity contribution in [3.8, 4) is 0 Å². The van der Waals surface area contributed by atoms with Gasteiger partial charge in [-0.2, -0.15) is 0 Å². The second kappa shape index (κ2) is 5.16. The summed E-state index contributed by atoms with van der Waals surface area (Å²) in [4.78, 5) is 2.62. The second-order valence-electron chi connectivity index (χ2n) is 7.75. The van der Waals surface area contributed by atoms with Gasteiger partial charge in [0.25, 0.3) is 0 Å². The number of rotatable bonds is 2. The maximum absolute atomic E-state index is 6.28. The number of hydrogen-bond donors (Lipinski definition) is 1. The van der Waals surface area contributed by atoms with E-state index in [0.29, 0.717) is 12.0 Å². The lowest BCUT2D eigenvalue weighted by Crippen LogP contribution is -2.47. The van der Waals surface area contributed by atoms with Crippen LogP contribution in [0.1, 0.15) is 57.1 Å². The first-order valence-corrected chi connectivity index (χ1v) is 8.03. The molecule has 1 aromatic carbocycles. The van der Waals surface area contributed by atoms with Crippen LogP contribution in [0, 0.1) is 0 Å². The van der Waals surface area contributed by atoms with Crippen LogP contribution in [0.2, 0.25) is 0 Å². The van der Waals surface area contributed by atoms with E-state index in [4.69, 9.17) is 5.73 Å². The number of likely N-dealkylation sites (tertiary alicyclic amines) is 1. The van der Waals surface area contributed by atoms with E-state index in [1.54, 1.807) is 0 Å². The molecule has 1 saturated heterocycles. The SMILES string of the molecule is CC(C)(C)c1ccc(C2CC(N)CN(C3CC3)C2)cc1. The van der Waals surface area contributed by atoms with Crippen molar-refractivity contribution in [1.29, 1.82) is 0 Å². The van der Waals surface area contributed by atoms with Gasteiger partial charge in [-0.05, 0) is 41.7 Å². The van der Waals surface area contributed by atoms with Crippen molar-refractivity contribution < 1.29 is 0 Å². The second-order valence-corrected chi connectivity index (χ2v) is 7.75. The van der Waals surface area contributed by atoms with E-state index in [2.05, 4.69) is 49.9 Å². The Kier molecular flexibility index (Phi) is 3.64. The maximum Gasteiger partial charge on any atom is 0.0174 e. The third kappa shape index (κ3) is 3.07. The molecule has 2 heteroatoms. The molecule has 0 bridgehead atoms. The highest BCUT2D eigenvalue weighted by Crippen LogP contribution is 2.35. The van der Waals surface area contributed by atoms with Gasteiger partial charge in [-0.3, -0.25) is 4.90 Å². The van der Waals surface area contributed by atoms with Crippen LogP contribution in [0.25, 0.3) is 0 Å². The Labute approximate surface area is 123 Å². The van der Waals surface area contributed by atoms with E-state index in [1.165, 1.54) is 30.5 Å². The molecule has 2 aliphatic rings. The summed E-state index contributed by atoms with van der Waals surface area (Å²) in [5.41, 5.74) is 9.40. The van der Waals surface area contributed by atoms with Crippen molar-refractivity contribution in [2.75, 3.05) is 13.1 Å². The van der Waals surface area contributed by atoms with Gasteiger partial charge >= 0.3 is 0 Å². The van der Waals surface area contributed by atoms with Crippen LogP contribution in [0.15, 0.2) is 24.3 Å². The minimum absolute atomic E-state index is 0.238. The smallest absolute Gasteiger partial charge is 0.0174 e. The maximum atomic E-state index is 6.28. The fourth-order valence-electron chi connectivity index (χ4n) is 3.41. The number of hydrogen-bond acceptors (Lipinski definition) is 2. The zero-order valence-corrected chi connectivity index (χ0v) is 13.1. The first-order valence-electron chi connectivity index (χ1n) is 8.03. The molecule has 0 spiro atoms. The molecule has 0 radical (unpaired) electrons. The molecule has 1 aliphatic carbocycles. The molecule has 1 heterocycles. The predicted molar refractivity (Wildman–Crippen MR) is 85.1 cm³/mol. The Bertz CT molecular complexity index is 453. The largest absolute Gasteiger partial charge is 0.327 e. The van der Waals surface area contributed by atoms with Gasteiger partial charge in [-0.15, -0.1) is 0 Å². The van der Waals surface area contributed by atoms with E-state index in [0.717, 1.165) is 19.0 Å². The lowest BCUT2D eigenvalue weighted by atomic mass is 9.83. The first kappa shape index (κ1) is 14.1. The first-order chi connectivity index (χ1) is 9.43. The molecular formula is C18H28N2. The predicted octanol–water partition coefficient (Wildman–Crippen LogP) is 3.26. The molecule has 0 amide bonds. The molecule has 2 fully saturated rings. The highest BCUT2D eigenvalue weighted by atomic mass is 15.2. The van der Waals surface area contributed by atoms with Crippen molar-refractivity contribution in [3.05, 3.63) is 35.4 Å². The summed E-state index contributed by atoms with van der Waals surface area (Å²) in [5.74, 6) is 0.619. The highest BCUT2D eigenvalue weighted by molar-refractivity contribution is 5.30. The average Bonchev–Trinajstić information content (AvgIpc) is 3.21. The van der Waals surface area contributed by atoms with Crippen molar-refractivity contribution in [2.24, 2.45) is 5.73 Å². The molecule has 20 heavy (non-hydrogen) atoms. The summed E-state index contributed by atoms with van der Waals surface area (Å²) in [6.45, 7) is 9.11. The zero-order valence-electron chi connectivity index (χ0n) is 13.1. The Morgan fingerprint density at radius 2 is 1.70 bits per heavy atom. The van der Waals surface area contributed by atoms with Crippen molar-refractivity contribution in [1.82, 2.24) is 4.90 Å². The molecule has 2 unspecified atom stereocenters. The van der Waals surface area contributed by atoms with Gasteiger partial charge in [0.1, 0.15) is 0 Å². The zero-order chi connectivity index (χ0) is 14.3. The average molecular weight is 272 g/mol. The Hall–Kier alpha value is -0.860. The van der Waals surface area contributed by atoms with E-state index in [1.807, 2.05) is 0 Å². The molecule has 1 aliphatic heterocycles. The standard InChI is InChI=1S/C18H28N2/c1-18(2,3)15-6-4-13(5-7-15)14-10-16(19)12-20(11-14)17-8-9-17/h4-7,14,16-17H,8-12,19H2,1-3H3. The topological polar surface area (TPSA) is 29.3 Å². The minimum atomic E-state index is 0.238. The van der Waals surface area contributed by atoms with Crippen molar-refractivity contribution in [3.63, 3.8) is 0 Å². The van der Waals surface area contributed by atoms with E-state index in [-0.39, 0.29) is 5.41 Å². The number of piperidine rings is 1. The number of benzene rings is 1. The molecule has 0 aromatic heterocycles. The molecule has 2 nitrogen and oxygen atoms in total. The van der Waals surface area contributed by atoms with Crippen molar-refractivity contribution in [2.45, 2.75) is 63.5 Å². The number of nitrogens with zero attached hydrogens (tertiary/aromatic N) is 1. The molecule has 2 atom stereocenters. The van der Waals surface area contributed by atoms with Crippen LogP contribution in [0.4, 0.5) is 0 Å². The Morgan fingerprint density at radius 3 is 2.25 bits per heavy atom. The molecule has 1 aromatic rings. The lowest BCUT2D eigenvalue weighted by molar-refractivity contribution is 0.180. The third-order valence-electron chi connectivity index (χ3n) is 4.82. The van der Waals surface area contributed by atoms with Gasteiger partial charge in [-0.25, -0.2) is 0 Å². The van der Waals surface area contributed by atoms with Gasteiger partial charge in [-0.1, -0.05) is 45.0 Å². The summed E-state index contributed by atoms with van der Waals surface area (Å²) in [6, 6.07) is 10.4. The van der Waals surface area contributed by atoms with E-state index < -0.39 is 0 Å². The van der Waals surface area contributed by atoms with Gasteiger partial charge < -0.3 is 5.73 Å². The molecule has 2 N–H and O–H groups in total. The van der Waals surface area contributed by atoms with E-state index >= 15 is 0 Å². The fourth-order valence-corrected chi connectivity index (χ4v) is 3.41. The Balaban J connectivity index is 1.74. The van der Waals surface area contributed by atoms with Crippen molar-refractivity contribution >= 4 is 0 Å². The Morgan fingerprint density at radius 1 is 1.05 bits per heavy atom. The molecule has 3 rings (SSSR count). The van der Waals surface area contributed by atoms with Crippen LogP contribution in [0.3, 0.4) is 0 Å². The summed E-state index contributed by atoms with van der Waals surface area (Å²) in [7, 11) is 0. The normalized spacial score (nSPS) is 28.6. The summed E-state index contributed by atoms with van der Waals surface area (Å²) >= 11 is 0. The third-order valence-corrected chi connectivity index (χ3v) is 4.82. The number of nitrogens with two attached hydrogens (primary N) is 1. The molecule has 1 saturated carbocycles. The minimum Gasteiger partial charge on any atom is -0.327 e. The van der Waals surface area contributed by atoms with Crippen LogP contribution < -0.4 is 5.73 Å². The summed E-state index contributed by atoms with van der Waals surface area (Å²) in [5, 5.41) is 0. The quantitative estimate of drug-likeness (QED) is 0.895. The van der Waals surface area contributed by atoms with Gasteiger partial charge in [0.15, 0.2) is 0 Å². The van der Waals surface area contributed by atoms with Gasteiger partial charge in [0.2, 0.25) is 0 Å². The summed E-state index contributed by atoms with van der Waals surface area (Å²) in [6.07, 6.45) is 3.89. The van der Waals surface area contributed by atoms with Gasteiger partial charge in [0, 0.05) is 25.2 Å².